The number of rotatable bonds is 2. The maximum Gasteiger partial charge on any atom is 0.232 e. The molecule has 0 aliphatic heterocycles. The van der Waals surface area contributed by atoms with E-state index in [4.69, 9.17) is 4.74 Å². The summed E-state index contributed by atoms with van der Waals surface area (Å²) in [4.78, 5) is 4.16. The van der Waals surface area contributed by atoms with E-state index in [1.165, 1.54) is 22.5 Å². The first-order valence-electron chi connectivity index (χ1n) is 5.62. The van der Waals surface area contributed by atoms with Crippen molar-refractivity contribution in [3.63, 3.8) is 0 Å². The molecule has 0 saturated heterocycles. The lowest BCUT2D eigenvalue weighted by atomic mass is 9.99. The van der Waals surface area contributed by atoms with Gasteiger partial charge in [-0.3, -0.25) is 4.98 Å². The fraction of sp³-hybridized carbons (Fsp3) is 0.143. The highest BCUT2D eigenvalue weighted by Gasteiger charge is 2.11. The second-order valence-corrected chi connectivity index (χ2v) is 4.76. The van der Waals surface area contributed by atoms with Crippen molar-refractivity contribution in [2.24, 2.45) is 0 Å². The van der Waals surface area contributed by atoms with Crippen molar-refractivity contribution in [2.45, 2.75) is 6.92 Å². The molecule has 18 heavy (non-hydrogen) atoms. The van der Waals surface area contributed by atoms with Crippen LogP contribution in [0.15, 0.2) is 36.0 Å². The molecule has 1 aromatic carbocycles. The lowest BCUT2D eigenvalue weighted by Gasteiger charge is -2.07. The predicted molar refractivity (Wildman–Crippen MR) is 74.1 cm³/mol. The molecule has 0 fully saturated rings. The number of nitrogens with zero attached hydrogens (tertiary/aromatic N) is 2. The van der Waals surface area contributed by atoms with Crippen molar-refractivity contribution in [3.8, 4) is 17.0 Å². The first kappa shape index (κ1) is 11.2. The van der Waals surface area contributed by atoms with Crippen LogP contribution in [-0.4, -0.2) is 16.5 Å². The van der Waals surface area contributed by atoms with E-state index < -0.39 is 0 Å². The number of hydrogen-bond donors (Lipinski definition) is 0. The third-order valence-corrected chi connectivity index (χ3v) is 3.62. The molecule has 4 heteroatoms. The molecule has 0 saturated carbocycles. The molecular formula is C14H12N2OS. The van der Waals surface area contributed by atoms with Gasteiger partial charge in [0.05, 0.1) is 12.7 Å². The largest absolute Gasteiger partial charge is 0.480 e. The molecule has 90 valence electrons. The number of methoxy groups -OCH3 is 1. The van der Waals surface area contributed by atoms with Crippen molar-refractivity contribution in [1.29, 1.82) is 0 Å². The average molecular weight is 256 g/mol. The van der Waals surface area contributed by atoms with Crippen LogP contribution in [-0.2, 0) is 0 Å². The number of aromatic nitrogens is 2. The number of pyridine rings is 1. The molecule has 0 bridgehead atoms. The van der Waals surface area contributed by atoms with E-state index in [-0.39, 0.29) is 0 Å². The number of fused-ring (bicyclic) bond motifs is 1. The zero-order valence-electron chi connectivity index (χ0n) is 10.2. The molecule has 0 amide bonds. The minimum Gasteiger partial charge on any atom is -0.480 e. The summed E-state index contributed by atoms with van der Waals surface area (Å²) >= 11 is 1.41. The van der Waals surface area contributed by atoms with Crippen molar-refractivity contribution < 1.29 is 4.74 Å². The molecule has 0 unspecified atom stereocenters. The molecule has 2 aromatic heterocycles. The van der Waals surface area contributed by atoms with Gasteiger partial charge in [-0.05, 0) is 47.1 Å². The summed E-state index contributed by atoms with van der Waals surface area (Å²) in [5.41, 5.74) is 3.42. The monoisotopic (exact) mass is 256 g/mol. The van der Waals surface area contributed by atoms with Gasteiger partial charge in [0.2, 0.25) is 5.88 Å². The van der Waals surface area contributed by atoms with Crippen LogP contribution in [0.3, 0.4) is 0 Å². The van der Waals surface area contributed by atoms with Gasteiger partial charge < -0.3 is 4.74 Å². The van der Waals surface area contributed by atoms with Crippen LogP contribution in [0.1, 0.15) is 5.56 Å². The Morgan fingerprint density at radius 2 is 2.06 bits per heavy atom. The summed E-state index contributed by atoms with van der Waals surface area (Å²) in [6.45, 7) is 2.10. The topological polar surface area (TPSA) is 35.0 Å². The summed E-state index contributed by atoms with van der Waals surface area (Å²) in [5.74, 6) is 0.686. The number of hydrogen-bond acceptors (Lipinski definition) is 4. The fourth-order valence-electron chi connectivity index (χ4n) is 2.09. The first-order chi connectivity index (χ1) is 8.79. The predicted octanol–water partition coefficient (Wildman–Crippen LogP) is 3.68. The van der Waals surface area contributed by atoms with Gasteiger partial charge in [-0.1, -0.05) is 6.07 Å². The molecule has 3 rings (SSSR count). The van der Waals surface area contributed by atoms with Gasteiger partial charge in [0.25, 0.3) is 0 Å². The lowest BCUT2D eigenvalue weighted by molar-refractivity contribution is 0.404. The molecule has 0 radical (unpaired) electrons. The van der Waals surface area contributed by atoms with Crippen LogP contribution < -0.4 is 4.74 Å². The Kier molecular flexibility index (Phi) is 2.72. The van der Waals surface area contributed by atoms with E-state index in [9.17, 15) is 0 Å². The van der Waals surface area contributed by atoms with Gasteiger partial charge in [0, 0.05) is 23.2 Å². The van der Waals surface area contributed by atoms with E-state index >= 15 is 0 Å². The van der Waals surface area contributed by atoms with E-state index in [0.29, 0.717) is 5.88 Å². The highest BCUT2D eigenvalue weighted by molar-refractivity contribution is 7.04. The van der Waals surface area contributed by atoms with Crippen LogP contribution in [0.4, 0.5) is 0 Å². The smallest absolute Gasteiger partial charge is 0.232 e. The summed E-state index contributed by atoms with van der Waals surface area (Å²) in [6.07, 6.45) is 3.69. The molecule has 0 atom stereocenters. The molecular weight excluding hydrogens is 244 g/mol. The molecule has 0 aliphatic rings. The van der Waals surface area contributed by atoms with Crippen LogP contribution in [0, 0.1) is 6.92 Å². The zero-order chi connectivity index (χ0) is 12.5. The standard InChI is InChI=1S/C14H12N2OS/c1-9-5-10-3-4-15-7-11(10)6-12(9)13-8-18-16-14(13)17-2/h3-8H,1-2H3. The van der Waals surface area contributed by atoms with Crippen LogP contribution >= 0.6 is 11.5 Å². The van der Waals surface area contributed by atoms with Gasteiger partial charge in [0.15, 0.2) is 0 Å². The molecule has 0 N–H and O–H groups in total. The van der Waals surface area contributed by atoms with Gasteiger partial charge in [-0.25, -0.2) is 0 Å². The maximum atomic E-state index is 5.29. The Bertz CT molecular complexity index is 706. The normalized spacial score (nSPS) is 10.8. The van der Waals surface area contributed by atoms with E-state index in [2.05, 4.69) is 28.4 Å². The lowest BCUT2D eigenvalue weighted by Crippen LogP contribution is -1.88. The summed E-state index contributed by atoms with van der Waals surface area (Å²) in [5, 5.41) is 4.35. The minimum absolute atomic E-state index is 0.686. The SMILES string of the molecule is COc1nscc1-c1cc2cnccc2cc1C. The van der Waals surface area contributed by atoms with Crippen LogP contribution in [0.25, 0.3) is 21.9 Å². The highest BCUT2D eigenvalue weighted by atomic mass is 32.1. The Morgan fingerprint density at radius 1 is 1.17 bits per heavy atom. The number of ether oxygens (including phenoxy) is 1. The van der Waals surface area contributed by atoms with Crippen molar-refractivity contribution in [2.75, 3.05) is 7.11 Å². The summed E-state index contributed by atoms with van der Waals surface area (Å²) in [6, 6.07) is 6.34. The van der Waals surface area contributed by atoms with E-state index in [1.807, 2.05) is 23.8 Å². The van der Waals surface area contributed by atoms with Gasteiger partial charge in [0.1, 0.15) is 0 Å². The molecule has 3 nitrogen and oxygen atoms in total. The van der Waals surface area contributed by atoms with Crippen molar-refractivity contribution in [1.82, 2.24) is 9.36 Å². The van der Waals surface area contributed by atoms with Gasteiger partial charge >= 0.3 is 0 Å². The van der Waals surface area contributed by atoms with Crippen LogP contribution in [0.5, 0.6) is 5.88 Å². The van der Waals surface area contributed by atoms with Crippen molar-refractivity contribution >= 4 is 22.3 Å². The van der Waals surface area contributed by atoms with E-state index in [0.717, 1.165) is 16.5 Å². The summed E-state index contributed by atoms with van der Waals surface area (Å²) < 4.78 is 9.53. The third-order valence-electron chi connectivity index (χ3n) is 3.00. The quantitative estimate of drug-likeness (QED) is 0.701. The van der Waals surface area contributed by atoms with E-state index in [1.54, 1.807) is 7.11 Å². The highest BCUT2D eigenvalue weighted by Crippen LogP contribution is 2.34. The minimum atomic E-state index is 0.686. The fourth-order valence-corrected chi connectivity index (χ4v) is 2.75. The number of aryl methyl sites for hydroxylation is 1. The molecule has 2 heterocycles. The molecule has 0 aliphatic carbocycles. The van der Waals surface area contributed by atoms with Gasteiger partial charge in [-0.15, -0.1) is 0 Å². The Balaban J connectivity index is 2.26. The van der Waals surface area contributed by atoms with Crippen LogP contribution in [0.2, 0.25) is 0 Å². The molecule has 3 aromatic rings. The second kappa shape index (κ2) is 4.38. The zero-order valence-corrected chi connectivity index (χ0v) is 11.0. The first-order valence-corrected chi connectivity index (χ1v) is 6.46. The Labute approximate surface area is 109 Å². The summed E-state index contributed by atoms with van der Waals surface area (Å²) in [7, 11) is 1.65. The Hall–Kier alpha value is -1.94. The maximum absolute atomic E-state index is 5.29. The molecule has 0 spiro atoms. The number of benzene rings is 1. The average Bonchev–Trinajstić information content (AvgIpc) is 2.86. The van der Waals surface area contributed by atoms with Gasteiger partial charge in [-0.2, -0.15) is 4.37 Å². The Morgan fingerprint density at radius 3 is 2.89 bits per heavy atom. The van der Waals surface area contributed by atoms with Crippen molar-refractivity contribution in [3.05, 3.63) is 41.5 Å². The third kappa shape index (κ3) is 1.75. The second-order valence-electron chi connectivity index (χ2n) is 4.13.